The lowest BCUT2D eigenvalue weighted by Crippen LogP contribution is -2.62. The van der Waals surface area contributed by atoms with Gasteiger partial charge in [-0.05, 0) is 18.2 Å². The fraction of sp³-hybridized carbons (Fsp3) is 0.571. The Morgan fingerprint density at radius 2 is 1.37 bits per heavy atom. The standard InChI is InChI=1S/C28H32O15/c29-6-18-20(30)22(32)24(34)27(42-18)37-8-19-21(31)23(33)25(35)28(43-19)40-10-1-2-11-14(3-10)36-7-13-12-4-16-17(39-9-38-16)5-15(12)41-26(11)13/h1-5,13,18-35H,6-9H2/t13?,18-,19-,20-,21-,22+,23+,24-,25-,26?,27+,28-/m1/s1. The lowest BCUT2D eigenvalue weighted by molar-refractivity contribution is -0.323. The van der Waals surface area contributed by atoms with Crippen LogP contribution in [0.1, 0.15) is 23.1 Å². The third-order valence-electron chi connectivity index (χ3n) is 8.43. The second kappa shape index (κ2) is 11.2. The fourth-order valence-electron chi connectivity index (χ4n) is 5.98. The molecule has 0 aromatic heterocycles. The first-order valence-electron chi connectivity index (χ1n) is 13.9. The first-order chi connectivity index (χ1) is 20.7. The molecule has 2 aromatic carbocycles. The van der Waals surface area contributed by atoms with E-state index in [0.29, 0.717) is 29.6 Å². The molecule has 7 rings (SSSR count). The first-order valence-corrected chi connectivity index (χ1v) is 13.9. The van der Waals surface area contributed by atoms with Gasteiger partial charge in [0.2, 0.25) is 13.1 Å². The molecule has 234 valence electrons. The Kier molecular flexibility index (Phi) is 7.49. The fourth-order valence-corrected chi connectivity index (χ4v) is 5.98. The van der Waals surface area contributed by atoms with Crippen LogP contribution in [0.4, 0.5) is 0 Å². The smallest absolute Gasteiger partial charge is 0.231 e. The van der Waals surface area contributed by atoms with Crippen LogP contribution in [0.3, 0.4) is 0 Å². The summed E-state index contributed by atoms with van der Waals surface area (Å²) in [5.41, 5.74) is 1.75. The van der Waals surface area contributed by atoms with E-state index in [9.17, 15) is 35.7 Å². The highest BCUT2D eigenvalue weighted by atomic mass is 16.7. The Bertz CT molecular complexity index is 1340. The zero-order valence-corrected chi connectivity index (χ0v) is 22.5. The molecule has 5 heterocycles. The van der Waals surface area contributed by atoms with Crippen molar-refractivity contribution in [1.29, 1.82) is 0 Å². The minimum atomic E-state index is -1.68. The van der Waals surface area contributed by atoms with Gasteiger partial charge < -0.3 is 73.6 Å². The summed E-state index contributed by atoms with van der Waals surface area (Å²) in [5.74, 6) is 2.66. The summed E-state index contributed by atoms with van der Waals surface area (Å²) in [6.07, 6.45) is -15.5. The molecule has 5 aliphatic rings. The summed E-state index contributed by atoms with van der Waals surface area (Å²) >= 11 is 0. The number of hydrogen-bond donors (Lipinski definition) is 7. The lowest BCUT2D eigenvalue weighted by Gasteiger charge is -2.42. The number of aliphatic hydroxyl groups is 7. The Morgan fingerprint density at radius 3 is 2.14 bits per heavy atom. The average Bonchev–Trinajstić information content (AvgIpc) is 3.62. The first kappa shape index (κ1) is 28.8. The second-order valence-corrected chi connectivity index (χ2v) is 11.1. The van der Waals surface area contributed by atoms with Crippen molar-refractivity contribution >= 4 is 0 Å². The van der Waals surface area contributed by atoms with Crippen LogP contribution in [0, 0.1) is 0 Å². The molecule has 12 atom stereocenters. The van der Waals surface area contributed by atoms with Crippen LogP contribution in [0.15, 0.2) is 30.3 Å². The lowest BCUT2D eigenvalue weighted by atomic mass is 9.89. The van der Waals surface area contributed by atoms with Crippen LogP contribution < -0.4 is 23.7 Å². The van der Waals surface area contributed by atoms with Gasteiger partial charge in [0.1, 0.15) is 72.2 Å². The van der Waals surface area contributed by atoms with E-state index in [0.717, 1.165) is 11.1 Å². The molecule has 2 fully saturated rings. The van der Waals surface area contributed by atoms with Gasteiger partial charge in [-0.3, -0.25) is 0 Å². The zero-order valence-electron chi connectivity index (χ0n) is 22.5. The van der Waals surface area contributed by atoms with Gasteiger partial charge in [0.25, 0.3) is 0 Å². The second-order valence-electron chi connectivity index (χ2n) is 11.1. The highest BCUT2D eigenvalue weighted by molar-refractivity contribution is 5.57. The van der Waals surface area contributed by atoms with Gasteiger partial charge in [-0.1, -0.05) is 0 Å². The summed E-state index contributed by atoms with van der Waals surface area (Å²) in [4.78, 5) is 0. The van der Waals surface area contributed by atoms with E-state index in [1.54, 1.807) is 18.2 Å². The molecule has 15 nitrogen and oxygen atoms in total. The molecule has 0 radical (unpaired) electrons. The van der Waals surface area contributed by atoms with Crippen molar-refractivity contribution in [2.24, 2.45) is 0 Å². The Balaban J connectivity index is 1.02. The zero-order chi connectivity index (χ0) is 30.0. The number of aliphatic hydroxyl groups excluding tert-OH is 7. The molecule has 0 spiro atoms. The normalized spacial score (nSPS) is 39.2. The summed E-state index contributed by atoms with van der Waals surface area (Å²) in [7, 11) is 0. The van der Waals surface area contributed by atoms with E-state index < -0.39 is 74.6 Å². The molecule has 7 N–H and O–H groups in total. The summed E-state index contributed by atoms with van der Waals surface area (Å²) in [5, 5.41) is 71.1. The Morgan fingerprint density at radius 1 is 0.674 bits per heavy atom. The van der Waals surface area contributed by atoms with E-state index in [1.165, 1.54) is 0 Å². The maximum Gasteiger partial charge on any atom is 0.231 e. The summed E-state index contributed by atoms with van der Waals surface area (Å²) < 4.78 is 45.6. The number of ether oxygens (including phenoxy) is 8. The maximum absolute atomic E-state index is 10.6. The monoisotopic (exact) mass is 608 g/mol. The topological polar surface area (TPSA) is 215 Å². The van der Waals surface area contributed by atoms with Crippen molar-refractivity contribution in [2.75, 3.05) is 26.6 Å². The molecule has 2 aromatic rings. The molecule has 2 unspecified atom stereocenters. The molecule has 0 saturated carbocycles. The largest absolute Gasteiger partial charge is 0.492 e. The van der Waals surface area contributed by atoms with Crippen LogP contribution >= 0.6 is 0 Å². The molecule has 0 bridgehead atoms. The van der Waals surface area contributed by atoms with Gasteiger partial charge in [-0.15, -0.1) is 0 Å². The SMILES string of the molecule is OC[C@H]1O[C@H](OC[C@H]2O[C@@H](Oc3ccc4c(c3)OCC3c5cc6c(cc5OC43)OCO6)[C@H](O)[C@@H](O)[C@@H]2O)[C@H](O)[C@@H](O)[C@@H]1O. The Hall–Kier alpha value is -2.96. The minimum Gasteiger partial charge on any atom is -0.492 e. The number of fused-ring (bicyclic) bond motifs is 6. The van der Waals surface area contributed by atoms with Crippen LogP contribution in [0.25, 0.3) is 0 Å². The van der Waals surface area contributed by atoms with Crippen molar-refractivity contribution in [3.63, 3.8) is 0 Å². The summed E-state index contributed by atoms with van der Waals surface area (Å²) in [6, 6.07) is 8.74. The molecule has 5 aliphatic heterocycles. The predicted octanol–water partition coefficient (Wildman–Crippen LogP) is -1.97. The number of benzene rings is 2. The van der Waals surface area contributed by atoms with E-state index >= 15 is 0 Å². The van der Waals surface area contributed by atoms with Crippen molar-refractivity contribution in [3.05, 3.63) is 41.5 Å². The molecular weight excluding hydrogens is 576 g/mol. The van der Waals surface area contributed by atoms with E-state index in [1.807, 2.05) is 12.1 Å². The highest BCUT2D eigenvalue weighted by Gasteiger charge is 2.48. The van der Waals surface area contributed by atoms with E-state index in [-0.39, 0.29) is 24.6 Å². The molecular formula is C28H32O15. The van der Waals surface area contributed by atoms with Gasteiger partial charge >= 0.3 is 0 Å². The van der Waals surface area contributed by atoms with Crippen molar-refractivity contribution in [3.8, 4) is 28.7 Å². The van der Waals surface area contributed by atoms with E-state index in [4.69, 9.17) is 37.9 Å². The van der Waals surface area contributed by atoms with Gasteiger partial charge in [0.15, 0.2) is 17.8 Å². The van der Waals surface area contributed by atoms with Crippen LogP contribution in [0.2, 0.25) is 0 Å². The number of rotatable bonds is 6. The average molecular weight is 609 g/mol. The van der Waals surface area contributed by atoms with Crippen molar-refractivity contribution in [1.82, 2.24) is 0 Å². The van der Waals surface area contributed by atoms with Gasteiger partial charge in [0.05, 0.1) is 25.7 Å². The van der Waals surface area contributed by atoms with Gasteiger partial charge in [-0.25, -0.2) is 0 Å². The quantitative estimate of drug-likeness (QED) is 0.189. The number of hydrogen-bond acceptors (Lipinski definition) is 15. The molecule has 0 amide bonds. The molecule has 2 saturated heterocycles. The predicted molar refractivity (Wildman–Crippen MR) is 138 cm³/mol. The van der Waals surface area contributed by atoms with Crippen LogP contribution in [0.5, 0.6) is 28.7 Å². The van der Waals surface area contributed by atoms with E-state index in [2.05, 4.69) is 0 Å². The van der Waals surface area contributed by atoms with Gasteiger partial charge in [0, 0.05) is 23.3 Å². The Labute approximate surface area is 244 Å². The van der Waals surface area contributed by atoms with Crippen molar-refractivity contribution in [2.45, 2.75) is 73.4 Å². The minimum absolute atomic E-state index is 0.0617. The third kappa shape index (κ3) is 4.95. The third-order valence-corrected chi connectivity index (χ3v) is 8.43. The van der Waals surface area contributed by atoms with Crippen LogP contribution in [-0.2, 0) is 14.2 Å². The summed E-state index contributed by atoms with van der Waals surface area (Å²) in [6.45, 7) is -0.624. The molecule has 43 heavy (non-hydrogen) atoms. The molecule has 0 aliphatic carbocycles. The van der Waals surface area contributed by atoms with Crippen molar-refractivity contribution < 1.29 is 73.6 Å². The molecule has 15 heteroatoms. The highest BCUT2D eigenvalue weighted by Crippen LogP contribution is 2.54. The maximum atomic E-state index is 10.6. The van der Waals surface area contributed by atoms with Crippen LogP contribution in [-0.4, -0.2) is 124 Å². The van der Waals surface area contributed by atoms with Gasteiger partial charge in [-0.2, -0.15) is 0 Å².